The number of allylic oxidation sites excluding steroid dienone is 1. The molecule has 28 heavy (non-hydrogen) atoms. The fourth-order valence-corrected chi connectivity index (χ4v) is 4.27. The summed E-state index contributed by atoms with van der Waals surface area (Å²) in [6, 6.07) is 0. The van der Waals surface area contributed by atoms with Crippen molar-refractivity contribution in [2.24, 2.45) is 11.8 Å². The zero-order chi connectivity index (χ0) is 20.6. The van der Waals surface area contributed by atoms with E-state index in [1.54, 1.807) is 0 Å². The molecular weight excluding hydrogens is 352 g/mol. The summed E-state index contributed by atoms with van der Waals surface area (Å²) in [5, 5.41) is 0. The lowest BCUT2D eigenvalue weighted by molar-refractivity contribution is -0.149. The standard InChI is InChI=1S/C24H40O4/c1-3-21(25)17-13-11-9-7-5-4-6-8-10-12-15-20-16-14-18-22(26)19-23(20)24(27)28-2/h3,20,23H,1,4-19H2,2H3. The molecule has 1 fully saturated rings. The van der Waals surface area contributed by atoms with E-state index in [0.29, 0.717) is 25.2 Å². The highest BCUT2D eigenvalue weighted by Gasteiger charge is 2.32. The van der Waals surface area contributed by atoms with Gasteiger partial charge in [0, 0.05) is 19.3 Å². The Labute approximate surface area is 171 Å². The number of esters is 1. The van der Waals surface area contributed by atoms with Crippen molar-refractivity contribution in [1.29, 1.82) is 0 Å². The first-order chi connectivity index (χ1) is 13.6. The number of ketones is 2. The normalized spacial score (nSPS) is 19.8. The molecule has 0 radical (unpaired) electrons. The Morgan fingerprint density at radius 3 is 2.14 bits per heavy atom. The average molecular weight is 393 g/mol. The second-order valence-electron chi connectivity index (χ2n) is 8.27. The number of Topliss-reactive ketones (excluding diaryl/α,β-unsaturated/α-hetero) is 1. The van der Waals surface area contributed by atoms with Gasteiger partial charge in [0.25, 0.3) is 0 Å². The first kappa shape index (κ1) is 24.6. The second-order valence-corrected chi connectivity index (χ2v) is 8.27. The molecule has 0 saturated heterocycles. The summed E-state index contributed by atoms with van der Waals surface area (Å²) in [6.45, 7) is 3.50. The van der Waals surface area contributed by atoms with Crippen molar-refractivity contribution in [2.75, 3.05) is 7.11 Å². The molecule has 0 heterocycles. The van der Waals surface area contributed by atoms with Gasteiger partial charge in [0.15, 0.2) is 5.78 Å². The van der Waals surface area contributed by atoms with E-state index >= 15 is 0 Å². The summed E-state index contributed by atoms with van der Waals surface area (Å²) in [4.78, 5) is 35.0. The van der Waals surface area contributed by atoms with Gasteiger partial charge in [0.05, 0.1) is 13.0 Å². The zero-order valence-electron chi connectivity index (χ0n) is 17.9. The molecule has 1 saturated carbocycles. The van der Waals surface area contributed by atoms with Gasteiger partial charge in [-0.2, -0.15) is 0 Å². The van der Waals surface area contributed by atoms with Gasteiger partial charge in [0.1, 0.15) is 5.78 Å². The molecule has 1 aliphatic rings. The molecule has 0 amide bonds. The van der Waals surface area contributed by atoms with E-state index in [-0.39, 0.29) is 23.5 Å². The van der Waals surface area contributed by atoms with Crippen LogP contribution in [0.3, 0.4) is 0 Å². The lowest BCUT2D eigenvalue weighted by Gasteiger charge is -2.22. The van der Waals surface area contributed by atoms with Gasteiger partial charge in [-0.15, -0.1) is 0 Å². The smallest absolute Gasteiger partial charge is 0.309 e. The Bertz CT molecular complexity index is 483. The first-order valence-electron chi connectivity index (χ1n) is 11.3. The minimum atomic E-state index is -0.221. The molecule has 1 rings (SSSR count). The van der Waals surface area contributed by atoms with Crippen LogP contribution in [0, 0.1) is 11.8 Å². The van der Waals surface area contributed by atoms with Gasteiger partial charge in [-0.25, -0.2) is 0 Å². The third-order valence-electron chi connectivity index (χ3n) is 6.03. The zero-order valence-corrected chi connectivity index (χ0v) is 17.9. The van der Waals surface area contributed by atoms with Gasteiger partial charge in [-0.05, 0) is 37.7 Å². The van der Waals surface area contributed by atoms with Crippen LogP contribution in [0.2, 0.25) is 0 Å². The summed E-state index contributed by atoms with van der Waals surface area (Å²) in [7, 11) is 1.43. The average Bonchev–Trinajstić information content (AvgIpc) is 2.89. The fourth-order valence-electron chi connectivity index (χ4n) is 4.27. The van der Waals surface area contributed by atoms with E-state index in [9.17, 15) is 14.4 Å². The van der Waals surface area contributed by atoms with Crippen molar-refractivity contribution in [1.82, 2.24) is 0 Å². The van der Waals surface area contributed by atoms with Crippen LogP contribution in [0.15, 0.2) is 12.7 Å². The number of hydrogen-bond donors (Lipinski definition) is 0. The quantitative estimate of drug-likeness (QED) is 0.149. The third-order valence-corrected chi connectivity index (χ3v) is 6.03. The largest absolute Gasteiger partial charge is 0.469 e. The Balaban J connectivity index is 2.03. The monoisotopic (exact) mass is 392 g/mol. The lowest BCUT2D eigenvalue weighted by Crippen LogP contribution is -2.26. The molecule has 4 nitrogen and oxygen atoms in total. The number of hydrogen-bond acceptors (Lipinski definition) is 4. The third kappa shape index (κ3) is 10.8. The van der Waals surface area contributed by atoms with Crippen molar-refractivity contribution in [2.45, 2.75) is 103 Å². The van der Waals surface area contributed by atoms with Crippen molar-refractivity contribution in [3.63, 3.8) is 0 Å². The molecule has 0 aliphatic heterocycles. The molecular formula is C24H40O4. The van der Waals surface area contributed by atoms with Crippen LogP contribution in [-0.4, -0.2) is 24.6 Å². The van der Waals surface area contributed by atoms with Crippen LogP contribution >= 0.6 is 0 Å². The molecule has 0 spiro atoms. The molecule has 2 unspecified atom stereocenters. The number of carbonyl (C=O) groups is 3. The minimum absolute atomic E-state index is 0.161. The molecule has 1 aliphatic carbocycles. The van der Waals surface area contributed by atoms with Gasteiger partial charge in [-0.3, -0.25) is 14.4 Å². The maximum absolute atomic E-state index is 12.0. The summed E-state index contributed by atoms with van der Waals surface area (Å²) in [5.41, 5.74) is 0. The van der Waals surface area contributed by atoms with E-state index in [4.69, 9.17) is 4.74 Å². The fraction of sp³-hybridized carbons (Fsp3) is 0.792. The summed E-state index contributed by atoms with van der Waals surface area (Å²) in [5.74, 6) is 0.265. The highest BCUT2D eigenvalue weighted by Crippen LogP contribution is 2.32. The summed E-state index contributed by atoms with van der Waals surface area (Å²) < 4.78 is 4.94. The summed E-state index contributed by atoms with van der Waals surface area (Å²) in [6.07, 6.45) is 18.1. The van der Waals surface area contributed by atoms with Crippen molar-refractivity contribution in [3.8, 4) is 0 Å². The molecule has 0 aromatic heterocycles. The van der Waals surface area contributed by atoms with Crippen molar-refractivity contribution < 1.29 is 19.1 Å². The number of carbonyl (C=O) groups excluding carboxylic acids is 3. The molecule has 0 bridgehead atoms. The van der Waals surface area contributed by atoms with Crippen molar-refractivity contribution >= 4 is 17.5 Å². The van der Waals surface area contributed by atoms with Gasteiger partial charge in [-0.1, -0.05) is 64.4 Å². The second kappa shape index (κ2) is 15.5. The molecule has 160 valence electrons. The van der Waals surface area contributed by atoms with E-state index in [0.717, 1.165) is 38.5 Å². The predicted molar refractivity (Wildman–Crippen MR) is 113 cm³/mol. The summed E-state index contributed by atoms with van der Waals surface area (Å²) >= 11 is 0. The number of ether oxygens (including phenoxy) is 1. The number of unbranched alkanes of at least 4 members (excludes halogenated alkanes) is 9. The van der Waals surface area contributed by atoms with E-state index < -0.39 is 0 Å². The first-order valence-corrected chi connectivity index (χ1v) is 11.3. The highest BCUT2D eigenvalue weighted by molar-refractivity contribution is 5.88. The highest BCUT2D eigenvalue weighted by atomic mass is 16.5. The maximum Gasteiger partial charge on any atom is 0.309 e. The Morgan fingerprint density at radius 1 is 1.00 bits per heavy atom. The van der Waals surface area contributed by atoms with Gasteiger partial charge >= 0.3 is 5.97 Å². The van der Waals surface area contributed by atoms with Crippen LogP contribution in [0.1, 0.15) is 103 Å². The molecule has 0 N–H and O–H groups in total. The molecule has 0 aromatic carbocycles. The SMILES string of the molecule is C=CC(=O)CCCCCCCCCCCCC1CCCC(=O)CC1C(=O)OC. The van der Waals surface area contributed by atoms with E-state index in [1.165, 1.54) is 58.1 Å². The van der Waals surface area contributed by atoms with Crippen molar-refractivity contribution in [3.05, 3.63) is 12.7 Å². The van der Waals surface area contributed by atoms with Crippen LogP contribution in [0.5, 0.6) is 0 Å². The van der Waals surface area contributed by atoms with Crippen LogP contribution in [-0.2, 0) is 19.1 Å². The molecule has 0 aromatic rings. The molecule has 2 atom stereocenters. The van der Waals surface area contributed by atoms with E-state index in [2.05, 4.69) is 6.58 Å². The van der Waals surface area contributed by atoms with Crippen LogP contribution in [0.25, 0.3) is 0 Å². The van der Waals surface area contributed by atoms with Crippen LogP contribution < -0.4 is 0 Å². The number of rotatable bonds is 15. The number of methoxy groups -OCH3 is 1. The minimum Gasteiger partial charge on any atom is -0.469 e. The topological polar surface area (TPSA) is 60.4 Å². The lowest BCUT2D eigenvalue weighted by atomic mass is 9.84. The molecule has 4 heteroatoms. The Kier molecular flexibility index (Phi) is 13.6. The van der Waals surface area contributed by atoms with Gasteiger partial charge in [0.2, 0.25) is 0 Å². The Hall–Kier alpha value is -1.45. The van der Waals surface area contributed by atoms with E-state index in [1.807, 2.05) is 0 Å². The maximum atomic E-state index is 12.0. The Morgan fingerprint density at radius 2 is 1.57 bits per heavy atom. The van der Waals surface area contributed by atoms with Gasteiger partial charge < -0.3 is 4.74 Å². The predicted octanol–water partition coefficient (Wildman–Crippen LogP) is 5.97. The van der Waals surface area contributed by atoms with Crippen LogP contribution in [0.4, 0.5) is 0 Å².